The summed E-state index contributed by atoms with van der Waals surface area (Å²) in [4.78, 5) is 18.1. The summed E-state index contributed by atoms with van der Waals surface area (Å²) in [5.74, 6) is 0.622. The monoisotopic (exact) mass is 245 g/mol. The fourth-order valence-corrected chi connectivity index (χ4v) is 0.954. The predicted molar refractivity (Wildman–Crippen MR) is 49.5 cm³/mol. The maximum atomic E-state index is 10.1. The van der Waals surface area contributed by atoms with Crippen LogP contribution >= 0.6 is 15.9 Å². The van der Waals surface area contributed by atoms with Crippen molar-refractivity contribution >= 4 is 22.0 Å². The van der Waals surface area contributed by atoms with E-state index in [1.54, 1.807) is 12.4 Å². The highest BCUT2D eigenvalue weighted by molar-refractivity contribution is 9.10. The van der Waals surface area contributed by atoms with E-state index in [0.717, 1.165) is 4.47 Å². The zero-order chi connectivity index (χ0) is 9.68. The number of nitrogens with one attached hydrogen (secondary N) is 1. The Labute approximate surface area is 83.3 Å². The highest BCUT2D eigenvalue weighted by Crippen LogP contribution is 2.04. The molecular weight excluding hydrogens is 238 g/mol. The Kier molecular flexibility index (Phi) is 3.63. The molecular formula is C7H8BrN3O2. The van der Waals surface area contributed by atoms with Gasteiger partial charge in [-0.1, -0.05) is 0 Å². The summed E-state index contributed by atoms with van der Waals surface area (Å²) < 4.78 is 0.808. The van der Waals surface area contributed by atoms with Crippen molar-refractivity contribution in [2.24, 2.45) is 0 Å². The Morgan fingerprint density at radius 1 is 1.54 bits per heavy atom. The van der Waals surface area contributed by atoms with Gasteiger partial charge >= 0.3 is 6.09 Å². The molecule has 0 saturated carbocycles. The first-order valence-electron chi connectivity index (χ1n) is 3.61. The molecule has 2 N–H and O–H groups in total. The standard InChI is InChI=1S/C7H8BrN3O2/c8-5-3-10-6(11-4-5)1-2-9-7(12)13/h3-4,9H,1-2H2,(H,12,13). The van der Waals surface area contributed by atoms with E-state index in [0.29, 0.717) is 18.8 Å². The molecule has 5 nitrogen and oxygen atoms in total. The maximum Gasteiger partial charge on any atom is 0.404 e. The van der Waals surface area contributed by atoms with E-state index in [4.69, 9.17) is 5.11 Å². The van der Waals surface area contributed by atoms with Gasteiger partial charge in [-0.2, -0.15) is 0 Å². The molecule has 0 aliphatic heterocycles. The number of aromatic nitrogens is 2. The molecule has 0 spiro atoms. The van der Waals surface area contributed by atoms with Crippen molar-refractivity contribution in [3.8, 4) is 0 Å². The smallest absolute Gasteiger partial charge is 0.404 e. The van der Waals surface area contributed by atoms with Crippen molar-refractivity contribution < 1.29 is 9.90 Å². The molecule has 0 aromatic carbocycles. The average Bonchev–Trinajstić information content (AvgIpc) is 2.08. The lowest BCUT2D eigenvalue weighted by atomic mass is 10.4. The number of rotatable bonds is 3. The topological polar surface area (TPSA) is 75.1 Å². The number of carboxylic acid groups (broad SMARTS) is 1. The van der Waals surface area contributed by atoms with Crippen molar-refractivity contribution in [1.29, 1.82) is 0 Å². The van der Waals surface area contributed by atoms with E-state index in [9.17, 15) is 4.79 Å². The molecule has 1 aromatic rings. The van der Waals surface area contributed by atoms with Crippen LogP contribution in [-0.4, -0.2) is 27.7 Å². The number of nitrogens with zero attached hydrogens (tertiary/aromatic N) is 2. The lowest BCUT2D eigenvalue weighted by Crippen LogP contribution is -2.23. The van der Waals surface area contributed by atoms with E-state index in [2.05, 4.69) is 31.2 Å². The predicted octanol–water partition coefficient (Wildman–Crippen LogP) is 1.05. The number of hydrogen-bond acceptors (Lipinski definition) is 3. The Hall–Kier alpha value is -1.17. The van der Waals surface area contributed by atoms with Crippen LogP contribution in [0.4, 0.5) is 4.79 Å². The van der Waals surface area contributed by atoms with Gasteiger partial charge in [-0.15, -0.1) is 0 Å². The van der Waals surface area contributed by atoms with Crippen molar-refractivity contribution in [1.82, 2.24) is 15.3 Å². The van der Waals surface area contributed by atoms with Gasteiger partial charge in [-0.05, 0) is 15.9 Å². The van der Waals surface area contributed by atoms with Crippen LogP contribution in [-0.2, 0) is 6.42 Å². The summed E-state index contributed by atoms with van der Waals surface area (Å²) in [6.07, 6.45) is 2.73. The van der Waals surface area contributed by atoms with Crippen LogP contribution in [0.15, 0.2) is 16.9 Å². The first-order valence-corrected chi connectivity index (χ1v) is 4.41. The number of halogens is 1. The fraction of sp³-hybridized carbons (Fsp3) is 0.286. The second-order valence-electron chi connectivity index (χ2n) is 2.30. The van der Waals surface area contributed by atoms with Crippen LogP contribution in [0, 0.1) is 0 Å². The SMILES string of the molecule is O=C(O)NCCc1ncc(Br)cn1. The highest BCUT2D eigenvalue weighted by atomic mass is 79.9. The minimum atomic E-state index is -1.03. The van der Waals surface area contributed by atoms with Crippen molar-refractivity contribution in [2.75, 3.05) is 6.54 Å². The van der Waals surface area contributed by atoms with Gasteiger partial charge in [-0.25, -0.2) is 14.8 Å². The van der Waals surface area contributed by atoms with Crippen LogP contribution in [0.25, 0.3) is 0 Å². The molecule has 0 atom stereocenters. The molecule has 6 heteroatoms. The van der Waals surface area contributed by atoms with Gasteiger partial charge in [0.05, 0.1) is 4.47 Å². The third kappa shape index (κ3) is 3.84. The summed E-state index contributed by atoms with van der Waals surface area (Å²) in [7, 11) is 0. The van der Waals surface area contributed by atoms with Gasteiger partial charge in [0, 0.05) is 25.4 Å². The van der Waals surface area contributed by atoms with Gasteiger partial charge in [0.2, 0.25) is 0 Å². The minimum absolute atomic E-state index is 0.330. The summed E-state index contributed by atoms with van der Waals surface area (Å²) in [5, 5.41) is 10.5. The molecule has 0 fully saturated rings. The zero-order valence-corrected chi connectivity index (χ0v) is 8.28. The third-order valence-corrected chi connectivity index (χ3v) is 1.71. The summed E-state index contributed by atoms with van der Waals surface area (Å²) in [6, 6.07) is 0. The number of amides is 1. The maximum absolute atomic E-state index is 10.1. The van der Waals surface area contributed by atoms with Crippen LogP contribution in [0.5, 0.6) is 0 Å². The molecule has 1 heterocycles. The van der Waals surface area contributed by atoms with Crippen molar-refractivity contribution in [3.63, 3.8) is 0 Å². The lowest BCUT2D eigenvalue weighted by Gasteiger charge is -1.99. The van der Waals surface area contributed by atoms with E-state index in [1.807, 2.05) is 0 Å². The molecule has 70 valence electrons. The number of carbonyl (C=O) groups is 1. The van der Waals surface area contributed by atoms with E-state index < -0.39 is 6.09 Å². The normalized spacial score (nSPS) is 9.62. The molecule has 1 amide bonds. The summed E-state index contributed by atoms with van der Waals surface area (Å²) >= 11 is 3.20. The Morgan fingerprint density at radius 3 is 2.69 bits per heavy atom. The molecule has 0 bridgehead atoms. The molecule has 0 radical (unpaired) electrons. The van der Waals surface area contributed by atoms with Gasteiger partial charge in [-0.3, -0.25) is 0 Å². The van der Waals surface area contributed by atoms with Crippen molar-refractivity contribution in [2.45, 2.75) is 6.42 Å². The number of hydrogen-bond donors (Lipinski definition) is 2. The third-order valence-electron chi connectivity index (χ3n) is 1.30. The van der Waals surface area contributed by atoms with E-state index >= 15 is 0 Å². The summed E-state index contributed by atoms with van der Waals surface area (Å²) in [5.41, 5.74) is 0. The second kappa shape index (κ2) is 4.76. The Bertz CT molecular complexity index is 288. The van der Waals surface area contributed by atoms with Crippen LogP contribution in [0.2, 0.25) is 0 Å². The van der Waals surface area contributed by atoms with E-state index in [-0.39, 0.29) is 0 Å². The average molecular weight is 246 g/mol. The van der Waals surface area contributed by atoms with Crippen LogP contribution in [0.1, 0.15) is 5.82 Å². The first-order chi connectivity index (χ1) is 6.18. The summed E-state index contributed by atoms with van der Waals surface area (Å²) in [6.45, 7) is 0.330. The van der Waals surface area contributed by atoms with Crippen molar-refractivity contribution in [3.05, 3.63) is 22.7 Å². The van der Waals surface area contributed by atoms with Gasteiger partial charge in [0.25, 0.3) is 0 Å². The minimum Gasteiger partial charge on any atom is -0.465 e. The van der Waals surface area contributed by atoms with Crippen LogP contribution in [0.3, 0.4) is 0 Å². The first kappa shape index (κ1) is 9.91. The lowest BCUT2D eigenvalue weighted by molar-refractivity contribution is 0.194. The molecule has 0 aliphatic carbocycles. The quantitative estimate of drug-likeness (QED) is 0.835. The van der Waals surface area contributed by atoms with Crippen LogP contribution < -0.4 is 5.32 Å². The zero-order valence-electron chi connectivity index (χ0n) is 6.70. The van der Waals surface area contributed by atoms with Gasteiger partial charge in [0.1, 0.15) is 5.82 Å². The highest BCUT2D eigenvalue weighted by Gasteiger charge is 1.97. The fourth-order valence-electron chi connectivity index (χ4n) is 0.749. The largest absolute Gasteiger partial charge is 0.465 e. The molecule has 1 aromatic heterocycles. The Balaban J connectivity index is 2.37. The van der Waals surface area contributed by atoms with Gasteiger partial charge < -0.3 is 10.4 Å². The van der Waals surface area contributed by atoms with Gasteiger partial charge in [0.15, 0.2) is 0 Å². The van der Waals surface area contributed by atoms with E-state index in [1.165, 1.54) is 0 Å². The molecule has 13 heavy (non-hydrogen) atoms. The molecule has 0 aliphatic rings. The Morgan fingerprint density at radius 2 is 2.15 bits per heavy atom. The molecule has 0 saturated heterocycles. The second-order valence-corrected chi connectivity index (χ2v) is 3.22. The molecule has 1 rings (SSSR count). The molecule has 0 unspecified atom stereocenters.